The number of hydrogen-bond donors (Lipinski definition) is 1. The Morgan fingerprint density at radius 1 is 1.13 bits per heavy atom. The largest absolute Gasteiger partial charge is 0.497 e. The maximum atomic E-state index is 12.2. The molecular formula is C23H24N4O2S. The number of aromatic nitrogens is 3. The van der Waals surface area contributed by atoms with E-state index in [9.17, 15) is 4.79 Å². The monoisotopic (exact) mass is 420 g/mol. The molecule has 1 amide bonds. The van der Waals surface area contributed by atoms with Crippen LogP contribution in [0, 0.1) is 6.92 Å². The number of carbonyl (C=O) groups excluding carboxylic acids is 1. The molecular weight excluding hydrogens is 396 g/mol. The number of benzene rings is 2. The van der Waals surface area contributed by atoms with Gasteiger partial charge in [0.2, 0.25) is 10.9 Å². The van der Waals surface area contributed by atoms with Gasteiger partial charge in [0.05, 0.1) is 12.8 Å². The Bertz CT molecular complexity index is 1150. The first-order valence-electron chi connectivity index (χ1n) is 9.93. The highest BCUT2D eigenvalue weighted by Gasteiger charge is 2.13. The maximum Gasteiger partial charge on any atom is 0.220 e. The lowest BCUT2D eigenvalue weighted by Gasteiger charge is -2.06. The van der Waals surface area contributed by atoms with Crippen LogP contribution < -0.4 is 10.1 Å². The normalized spacial score (nSPS) is 11.0. The summed E-state index contributed by atoms with van der Waals surface area (Å²) in [6.07, 6.45) is 1.89. The van der Waals surface area contributed by atoms with E-state index in [2.05, 4.69) is 33.8 Å². The van der Waals surface area contributed by atoms with E-state index in [0.717, 1.165) is 38.9 Å². The number of nitrogens with one attached hydrogen (secondary N) is 1. The Morgan fingerprint density at radius 2 is 1.93 bits per heavy atom. The predicted molar refractivity (Wildman–Crippen MR) is 119 cm³/mol. The summed E-state index contributed by atoms with van der Waals surface area (Å²) in [7, 11) is 1.65. The van der Waals surface area contributed by atoms with Crippen LogP contribution in [0.3, 0.4) is 0 Å². The quantitative estimate of drug-likeness (QED) is 0.467. The highest BCUT2D eigenvalue weighted by molar-refractivity contribution is 7.15. The summed E-state index contributed by atoms with van der Waals surface area (Å²) in [5.74, 6) is 1.62. The molecule has 0 radical (unpaired) electrons. The van der Waals surface area contributed by atoms with E-state index in [0.29, 0.717) is 25.8 Å². The predicted octanol–water partition coefficient (Wildman–Crippen LogP) is 4.07. The van der Waals surface area contributed by atoms with Gasteiger partial charge in [-0.2, -0.15) is 4.98 Å². The van der Waals surface area contributed by atoms with Crippen LogP contribution in [0.5, 0.6) is 5.75 Å². The fourth-order valence-electron chi connectivity index (χ4n) is 3.30. The molecule has 0 aliphatic rings. The average molecular weight is 421 g/mol. The summed E-state index contributed by atoms with van der Waals surface area (Å²) >= 11 is 1.57. The Morgan fingerprint density at radius 3 is 2.70 bits per heavy atom. The van der Waals surface area contributed by atoms with Crippen molar-refractivity contribution in [2.24, 2.45) is 0 Å². The van der Waals surface area contributed by atoms with Crippen LogP contribution in [0.15, 0.2) is 53.9 Å². The summed E-state index contributed by atoms with van der Waals surface area (Å²) in [5, 5.41) is 9.75. The van der Waals surface area contributed by atoms with Crippen molar-refractivity contribution in [1.82, 2.24) is 19.9 Å². The van der Waals surface area contributed by atoms with Crippen LogP contribution in [-0.2, 0) is 17.6 Å². The van der Waals surface area contributed by atoms with Crippen molar-refractivity contribution in [3.8, 4) is 17.1 Å². The smallest absolute Gasteiger partial charge is 0.220 e. The van der Waals surface area contributed by atoms with Crippen molar-refractivity contribution in [2.45, 2.75) is 26.2 Å². The second-order valence-electron chi connectivity index (χ2n) is 7.12. The molecule has 0 unspecified atom stereocenters. The number of thiazole rings is 1. The molecule has 4 rings (SSSR count). The molecule has 0 spiro atoms. The van der Waals surface area contributed by atoms with E-state index < -0.39 is 0 Å². The van der Waals surface area contributed by atoms with Crippen LogP contribution in [-0.4, -0.2) is 34.2 Å². The molecule has 0 aliphatic heterocycles. The summed E-state index contributed by atoms with van der Waals surface area (Å²) in [6.45, 7) is 2.64. The van der Waals surface area contributed by atoms with Gasteiger partial charge >= 0.3 is 0 Å². The highest BCUT2D eigenvalue weighted by Crippen LogP contribution is 2.23. The number of amides is 1. The minimum absolute atomic E-state index is 0.0523. The van der Waals surface area contributed by atoms with E-state index in [1.54, 1.807) is 18.4 Å². The molecule has 0 atom stereocenters. The second-order valence-corrected chi connectivity index (χ2v) is 7.96. The van der Waals surface area contributed by atoms with Gasteiger partial charge in [0.25, 0.3) is 0 Å². The van der Waals surface area contributed by atoms with Gasteiger partial charge in [0.15, 0.2) is 5.82 Å². The minimum atomic E-state index is 0.0523. The number of aryl methyl sites for hydroxylation is 2. The number of fused-ring (bicyclic) bond motifs is 1. The van der Waals surface area contributed by atoms with Crippen molar-refractivity contribution in [2.75, 3.05) is 13.7 Å². The molecule has 2 aromatic heterocycles. The number of hydrogen-bond acceptors (Lipinski definition) is 5. The topological polar surface area (TPSA) is 68.5 Å². The van der Waals surface area contributed by atoms with Crippen molar-refractivity contribution in [3.05, 3.63) is 70.7 Å². The molecule has 30 heavy (non-hydrogen) atoms. The second kappa shape index (κ2) is 9.09. The molecule has 0 fully saturated rings. The van der Waals surface area contributed by atoms with Crippen molar-refractivity contribution in [1.29, 1.82) is 0 Å². The van der Waals surface area contributed by atoms with Gasteiger partial charge in [-0.1, -0.05) is 36.4 Å². The van der Waals surface area contributed by atoms with Gasteiger partial charge in [0, 0.05) is 30.3 Å². The lowest BCUT2D eigenvalue weighted by atomic mass is 10.1. The van der Waals surface area contributed by atoms with E-state index in [1.807, 2.05) is 47.0 Å². The zero-order valence-corrected chi connectivity index (χ0v) is 17.9. The van der Waals surface area contributed by atoms with Gasteiger partial charge < -0.3 is 10.1 Å². The SMILES string of the molecule is COc1ccc(CCC(=O)NCCc2csc3nc(-c4ccccc4C)nn23)cc1. The molecule has 154 valence electrons. The third-order valence-corrected chi connectivity index (χ3v) is 5.90. The third kappa shape index (κ3) is 4.52. The van der Waals surface area contributed by atoms with Crippen LogP contribution in [0.4, 0.5) is 0 Å². The van der Waals surface area contributed by atoms with Gasteiger partial charge in [-0.15, -0.1) is 16.4 Å². The van der Waals surface area contributed by atoms with Gasteiger partial charge in [-0.05, 0) is 36.6 Å². The molecule has 2 aromatic carbocycles. The standard InChI is InChI=1S/C23H24N4O2S/c1-16-5-3-4-6-20(16)22-25-23-27(26-22)18(15-30-23)13-14-24-21(28)12-9-17-7-10-19(29-2)11-8-17/h3-8,10-11,15H,9,12-14H2,1-2H3,(H,24,28). The summed E-state index contributed by atoms with van der Waals surface area (Å²) in [5.41, 5.74) is 4.38. The molecule has 6 nitrogen and oxygen atoms in total. The Labute approximate surface area is 179 Å². The molecule has 0 aliphatic carbocycles. The van der Waals surface area contributed by atoms with Crippen molar-refractivity contribution >= 4 is 22.2 Å². The first-order chi connectivity index (χ1) is 14.6. The first-order valence-corrected chi connectivity index (χ1v) is 10.8. The van der Waals surface area contributed by atoms with E-state index in [-0.39, 0.29) is 5.91 Å². The van der Waals surface area contributed by atoms with Crippen LogP contribution in [0.1, 0.15) is 23.2 Å². The average Bonchev–Trinajstić information content (AvgIpc) is 3.34. The summed E-state index contributed by atoms with van der Waals surface area (Å²) < 4.78 is 7.04. The summed E-state index contributed by atoms with van der Waals surface area (Å²) in [6, 6.07) is 15.9. The highest BCUT2D eigenvalue weighted by atomic mass is 32.1. The molecule has 2 heterocycles. The molecule has 0 saturated heterocycles. The minimum Gasteiger partial charge on any atom is -0.497 e. The fraction of sp³-hybridized carbons (Fsp3) is 0.261. The third-order valence-electron chi connectivity index (χ3n) is 5.04. The van der Waals surface area contributed by atoms with Crippen LogP contribution in [0.2, 0.25) is 0 Å². The molecule has 0 bridgehead atoms. The number of nitrogens with zero attached hydrogens (tertiary/aromatic N) is 3. The van der Waals surface area contributed by atoms with Gasteiger partial charge in [-0.25, -0.2) is 4.52 Å². The van der Waals surface area contributed by atoms with Crippen molar-refractivity contribution < 1.29 is 9.53 Å². The lowest BCUT2D eigenvalue weighted by Crippen LogP contribution is -2.26. The Kier molecular flexibility index (Phi) is 6.09. The van der Waals surface area contributed by atoms with Crippen molar-refractivity contribution in [3.63, 3.8) is 0 Å². The number of methoxy groups -OCH3 is 1. The molecule has 4 aromatic rings. The first kappa shape index (κ1) is 20.1. The van der Waals surface area contributed by atoms with E-state index >= 15 is 0 Å². The molecule has 0 saturated carbocycles. The number of ether oxygens (including phenoxy) is 1. The maximum absolute atomic E-state index is 12.2. The van der Waals surface area contributed by atoms with Crippen LogP contribution in [0.25, 0.3) is 16.3 Å². The Hall–Kier alpha value is -3.19. The lowest BCUT2D eigenvalue weighted by molar-refractivity contribution is -0.121. The zero-order valence-electron chi connectivity index (χ0n) is 17.1. The Balaban J connectivity index is 1.31. The van der Waals surface area contributed by atoms with E-state index in [1.165, 1.54) is 0 Å². The number of rotatable bonds is 8. The fourth-order valence-corrected chi connectivity index (χ4v) is 4.16. The van der Waals surface area contributed by atoms with Gasteiger partial charge in [-0.3, -0.25) is 4.79 Å². The molecule has 1 N–H and O–H groups in total. The summed E-state index contributed by atoms with van der Waals surface area (Å²) in [4.78, 5) is 17.7. The number of carbonyl (C=O) groups is 1. The van der Waals surface area contributed by atoms with Crippen LogP contribution >= 0.6 is 11.3 Å². The van der Waals surface area contributed by atoms with E-state index in [4.69, 9.17) is 4.74 Å². The molecule has 7 heteroatoms. The van der Waals surface area contributed by atoms with Gasteiger partial charge in [0.1, 0.15) is 5.75 Å². The zero-order chi connectivity index (χ0) is 20.9.